The minimum atomic E-state index is -0.829. The van der Waals surface area contributed by atoms with Crippen molar-refractivity contribution in [2.24, 2.45) is 0 Å². The highest BCUT2D eigenvalue weighted by Gasteiger charge is 2.20. The lowest BCUT2D eigenvalue weighted by atomic mass is 10.1. The van der Waals surface area contributed by atoms with Gasteiger partial charge in [-0.15, -0.1) is 0 Å². The maximum Gasteiger partial charge on any atom is 0.164 e. The van der Waals surface area contributed by atoms with Crippen molar-refractivity contribution in [3.05, 3.63) is 11.5 Å². The average Bonchev–Trinajstić information content (AvgIpc) is 2.65. The van der Waals surface area contributed by atoms with Crippen LogP contribution in [0.15, 0.2) is 0 Å². The summed E-state index contributed by atoms with van der Waals surface area (Å²) in [6.45, 7) is 11.7. The molecule has 0 aliphatic carbocycles. The lowest BCUT2D eigenvalue weighted by Gasteiger charge is -2.17. The first-order valence-electron chi connectivity index (χ1n) is 6.94. The maximum absolute atomic E-state index is 9.92. The summed E-state index contributed by atoms with van der Waals surface area (Å²) < 4.78 is 1.74. The molecule has 20 heavy (non-hydrogen) atoms. The van der Waals surface area contributed by atoms with Crippen LogP contribution in [0.4, 0.5) is 5.82 Å². The fourth-order valence-corrected chi connectivity index (χ4v) is 2.01. The third-order valence-corrected chi connectivity index (χ3v) is 2.65. The summed E-state index contributed by atoms with van der Waals surface area (Å²) in [6.07, 6.45) is 0. The first kappa shape index (κ1) is 16.4. The summed E-state index contributed by atoms with van der Waals surface area (Å²) >= 11 is 0. The Kier molecular flexibility index (Phi) is 5.05. The van der Waals surface area contributed by atoms with Crippen LogP contribution in [0.2, 0.25) is 0 Å². The number of rotatable bonds is 3. The van der Waals surface area contributed by atoms with E-state index < -0.39 is 5.60 Å². The molecule has 0 spiro atoms. The molecule has 0 saturated carbocycles. The van der Waals surface area contributed by atoms with Gasteiger partial charge in [-0.2, -0.15) is 5.10 Å². The highest BCUT2D eigenvalue weighted by Crippen LogP contribution is 2.24. The van der Waals surface area contributed by atoms with Gasteiger partial charge in [0, 0.05) is 7.05 Å². The molecule has 0 atom stereocenters. The average molecular weight is 279 g/mol. The van der Waals surface area contributed by atoms with Gasteiger partial charge in [0.2, 0.25) is 0 Å². The van der Waals surface area contributed by atoms with Crippen LogP contribution in [0.5, 0.6) is 0 Å². The second kappa shape index (κ2) is 6.17. The van der Waals surface area contributed by atoms with E-state index in [-0.39, 0.29) is 0 Å². The number of nitrogens with zero attached hydrogens (tertiary/aromatic N) is 4. The molecule has 2 aromatic rings. The summed E-state index contributed by atoms with van der Waals surface area (Å²) in [5.41, 5.74) is 0.786. The highest BCUT2D eigenvalue weighted by molar-refractivity contribution is 5.89. The van der Waals surface area contributed by atoms with Gasteiger partial charge >= 0.3 is 0 Å². The Labute approximate surface area is 120 Å². The van der Waals surface area contributed by atoms with Crippen LogP contribution in [0.1, 0.15) is 39.2 Å². The van der Waals surface area contributed by atoms with Gasteiger partial charge in [0.25, 0.3) is 0 Å². The van der Waals surface area contributed by atoms with Gasteiger partial charge in [-0.25, -0.2) is 14.6 Å². The van der Waals surface area contributed by atoms with E-state index in [2.05, 4.69) is 20.4 Å². The summed E-state index contributed by atoms with van der Waals surface area (Å²) in [4.78, 5) is 8.78. The fraction of sp³-hybridized carbons (Fsp3) is 0.643. The molecule has 0 fully saturated rings. The molecule has 0 unspecified atom stereocenters. The number of aliphatic hydroxyl groups is 1. The summed E-state index contributed by atoms with van der Waals surface area (Å²) in [6, 6.07) is 0. The molecule has 6 nitrogen and oxygen atoms in total. The van der Waals surface area contributed by atoms with E-state index in [1.165, 1.54) is 0 Å². The van der Waals surface area contributed by atoms with E-state index in [0.29, 0.717) is 12.4 Å². The molecular weight excluding hydrogens is 254 g/mol. The number of aromatic nitrogens is 4. The molecule has 0 aliphatic heterocycles. The monoisotopic (exact) mass is 279 g/mol. The topological polar surface area (TPSA) is 75.9 Å². The van der Waals surface area contributed by atoms with Crippen molar-refractivity contribution in [1.29, 1.82) is 0 Å². The van der Waals surface area contributed by atoms with Crippen LogP contribution >= 0.6 is 0 Å². The predicted octanol–water partition coefficient (Wildman–Crippen LogP) is 2.28. The van der Waals surface area contributed by atoms with Gasteiger partial charge < -0.3 is 10.4 Å². The molecule has 6 heteroatoms. The van der Waals surface area contributed by atoms with E-state index in [1.54, 1.807) is 18.5 Å². The number of anilines is 1. The number of nitrogens with one attached hydrogen (secondary N) is 1. The molecule has 0 aromatic carbocycles. The lowest BCUT2D eigenvalue weighted by Crippen LogP contribution is -2.27. The molecule has 0 aliphatic rings. The molecule has 2 heterocycles. The Morgan fingerprint density at radius 1 is 1.20 bits per heavy atom. The molecule has 0 amide bonds. The summed E-state index contributed by atoms with van der Waals surface area (Å²) in [5, 5.41) is 18.3. The summed E-state index contributed by atoms with van der Waals surface area (Å²) in [5.74, 6) is 1.46. The number of aryl methyl sites for hydroxylation is 2. The zero-order valence-corrected chi connectivity index (χ0v) is 13.4. The predicted molar refractivity (Wildman–Crippen MR) is 82.0 cm³/mol. The van der Waals surface area contributed by atoms with Crippen molar-refractivity contribution in [2.75, 3.05) is 12.4 Å². The minimum absolute atomic E-state index is 0.400. The highest BCUT2D eigenvalue weighted by atomic mass is 16.3. The Hall–Kier alpha value is -1.69. The van der Waals surface area contributed by atoms with E-state index in [1.807, 2.05) is 34.7 Å². The Bertz CT molecular complexity index is 583. The Balaban J connectivity index is 0.000000956. The van der Waals surface area contributed by atoms with Crippen LogP contribution < -0.4 is 5.32 Å². The smallest absolute Gasteiger partial charge is 0.164 e. The van der Waals surface area contributed by atoms with Crippen molar-refractivity contribution in [1.82, 2.24) is 19.7 Å². The van der Waals surface area contributed by atoms with Gasteiger partial charge in [0.05, 0.1) is 23.2 Å². The van der Waals surface area contributed by atoms with Crippen molar-refractivity contribution < 1.29 is 5.11 Å². The van der Waals surface area contributed by atoms with Crippen LogP contribution in [0, 0.1) is 13.8 Å². The van der Waals surface area contributed by atoms with E-state index in [0.717, 1.165) is 22.5 Å². The molecule has 0 radical (unpaired) electrons. The van der Waals surface area contributed by atoms with E-state index in [9.17, 15) is 5.11 Å². The van der Waals surface area contributed by atoms with Gasteiger partial charge in [-0.1, -0.05) is 13.8 Å². The molecule has 0 bridgehead atoms. The number of fused-ring (bicyclic) bond motifs is 1. The van der Waals surface area contributed by atoms with Crippen LogP contribution in [0.25, 0.3) is 11.0 Å². The van der Waals surface area contributed by atoms with Crippen molar-refractivity contribution >= 4 is 16.9 Å². The second-order valence-electron chi connectivity index (χ2n) is 5.12. The minimum Gasteiger partial charge on any atom is -0.389 e. The zero-order chi connectivity index (χ0) is 15.5. The van der Waals surface area contributed by atoms with Crippen LogP contribution in [-0.4, -0.2) is 37.5 Å². The van der Waals surface area contributed by atoms with Crippen molar-refractivity contribution in [3.8, 4) is 0 Å². The number of hydrogen-bond acceptors (Lipinski definition) is 5. The summed E-state index contributed by atoms with van der Waals surface area (Å²) in [7, 11) is 1.83. The van der Waals surface area contributed by atoms with E-state index >= 15 is 0 Å². The quantitative estimate of drug-likeness (QED) is 0.901. The fourth-order valence-electron chi connectivity index (χ4n) is 2.01. The van der Waals surface area contributed by atoms with Gasteiger partial charge in [-0.3, -0.25) is 0 Å². The molecule has 2 N–H and O–H groups in total. The molecular formula is C14H25N5O. The maximum atomic E-state index is 9.92. The second-order valence-corrected chi connectivity index (χ2v) is 5.12. The third kappa shape index (κ3) is 3.45. The third-order valence-electron chi connectivity index (χ3n) is 2.65. The SMILES string of the molecule is CC.CNc1nc(C)nc2c1c(C)nn2CC(C)(C)O. The van der Waals surface area contributed by atoms with Gasteiger partial charge in [-0.05, 0) is 27.7 Å². The Morgan fingerprint density at radius 3 is 2.30 bits per heavy atom. The normalized spacial score (nSPS) is 11.2. The largest absolute Gasteiger partial charge is 0.389 e. The Morgan fingerprint density at radius 2 is 1.80 bits per heavy atom. The molecule has 2 aromatic heterocycles. The lowest BCUT2D eigenvalue weighted by molar-refractivity contribution is 0.0588. The molecule has 0 saturated heterocycles. The first-order valence-corrected chi connectivity index (χ1v) is 6.94. The van der Waals surface area contributed by atoms with Crippen molar-refractivity contribution in [2.45, 2.75) is 53.7 Å². The van der Waals surface area contributed by atoms with Crippen molar-refractivity contribution in [3.63, 3.8) is 0 Å². The van der Waals surface area contributed by atoms with Gasteiger partial charge in [0.15, 0.2) is 5.65 Å². The number of hydrogen-bond donors (Lipinski definition) is 2. The molecule has 2 rings (SSSR count). The van der Waals surface area contributed by atoms with E-state index in [4.69, 9.17) is 0 Å². The molecule has 112 valence electrons. The van der Waals surface area contributed by atoms with Gasteiger partial charge in [0.1, 0.15) is 11.6 Å². The first-order chi connectivity index (χ1) is 9.31. The zero-order valence-electron chi connectivity index (χ0n) is 13.4. The van der Waals surface area contributed by atoms with Crippen LogP contribution in [-0.2, 0) is 6.54 Å². The standard InChI is InChI=1S/C12H19N5O.C2H6/c1-7-9-10(13-5)14-8(2)15-11(9)17(16-7)6-12(3,4)18;1-2/h18H,6H2,1-5H3,(H,13,14,15);1-2H3. The van der Waals surface area contributed by atoms with Crippen LogP contribution in [0.3, 0.4) is 0 Å².